The van der Waals surface area contributed by atoms with E-state index in [1.54, 1.807) is 26.0 Å². The van der Waals surface area contributed by atoms with Crippen LogP contribution in [0.3, 0.4) is 0 Å². The summed E-state index contributed by atoms with van der Waals surface area (Å²) in [7, 11) is 0. The number of benzene rings is 2. The lowest BCUT2D eigenvalue weighted by Crippen LogP contribution is -2.15. The molecule has 2 aromatic carbocycles. The molecule has 0 aliphatic carbocycles. The first-order chi connectivity index (χ1) is 10.3. The Morgan fingerprint density at radius 2 is 1.73 bits per heavy atom. The van der Waals surface area contributed by atoms with Crippen LogP contribution in [0.1, 0.15) is 60.7 Å². The molecule has 0 amide bonds. The maximum atomic E-state index is 12.4. The average Bonchev–Trinajstić information content (AvgIpc) is 2.46. The normalized spacial score (nSPS) is 11.7. The molecule has 0 aliphatic heterocycles. The lowest BCUT2D eigenvalue weighted by atomic mass is 9.94. The van der Waals surface area contributed by atoms with Crippen LogP contribution in [-0.4, -0.2) is 10.9 Å². The molecule has 116 valence electrons. The quantitative estimate of drug-likeness (QED) is 0.827. The number of Topliss-reactive ketones (excluding diaryl/α,β-unsaturated/α-hetero) is 1. The molecule has 0 spiro atoms. The van der Waals surface area contributed by atoms with Crippen molar-refractivity contribution in [3.8, 4) is 0 Å². The SMILES string of the molecule is CC(C)c1cccc(CC(=O)c2ccc(C(C)(C)O)cc2)c1. The van der Waals surface area contributed by atoms with Crippen LogP contribution in [0.2, 0.25) is 0 Å². The smallest absolute Gasteiger partial charge is 0.167 e. The Morgan fingerprint density at radius 3 is 2.27 bits per heavy atom. The Hall–Kier alpha value is -1.93. The van der Waals surface area contributed by atoms with E-state index in [2.05, 4.69) is 26.0 Å². The molecule has 0 bridgehead atoms. The number of ketones is 1. The topological polar surface area (TPSA) is 37.3 Å². The molecular weight excluding hydrogens is 272 g/mol. The predicted octanol–water partition coefficient (Wildman–Crippen LogP) is 4.46. The lowest BCUT2D eigenvalue weighted by molar-refractivity contribution is 0.0784. The first kappa shape index (κ1) is 16.4. The number of aliphatic hydroxyl groups is 1. The first-order valence-electron chi connectivity index (χ1n) is 7.72. The third-order valence-corrected chi connectivity index (χ3v) is 3.90. The number of carbonyl (C=O) groups is 1. The van der Waals surface area contributed by atoms with Crippen LogP contribution >= 0.6 is 0 Å². The van der Waals surface area contributed by atoms with E-state index >= 15 is 0 Å². The maximum Gasteiger partial charge on any atom is 0.167 e. The molecular formula is C20H24O2. The van der Waals surface area contributed by atoms with Gasteiger partial charge in [-0.15, -0.1) is 0 Å². The highest BCUT2D eigenvalue weighted by molar-refractivity contribution is 5.97. The molecule has 0 fully saturated rings. The van der Waals surface area contributed by atoms with Crippen LogP contribution in [0.4, 0.5) is 0 Å². The van der Waals surface area contributed by atoms with Gasteiger partial charge in [0.2, 0.25) is 0 Å². The molecule has 2 aromatic rings. The van der Waals surface area contributed by atoms with E-state index in [4.69, 9.17) is 0 Å². The minimum Gasteiger partial charge on any atom is -0.386 e. The second-order valence-electron chi connectivity index (χ2n) is 6.64. The zero-order valence-electron chi connectivity index (χ0n) is 13.8. The van der Waals surface area contributed by atoms with E-state index in [1.807, 2.05) is 24.3 Å². The summed E-state index contributed by atoms with van der Waals surface area (Å²) >= 11 is 0. The number of hydrogen-bond acceptors (Lipinski definition) is 2. The van der Waals surface area contributed by atoms with Gasteiger partial charge >= 0.3 is 0 Å². The van der Waals surface area contributed by atoms with Gasteiger partial charge in [-0.05, 0) is 36.5 Å². The second kappa shape index (κ2) is 6.45. The Morgan fingerprint density at radius 1 is 1.09 bits per heavy atom. The van der Waals surface area contributed by atoms with Crippen LogP contribution in [0.5, 0.6) is 0 Å². The first-order valence-corrected chi connectivity index (χ1v) is 7.72. The van der Waals surface area contributed by atoms with Crippen molar-refractivity contribution in [1.82, 2.24) is 0 Å². The predicted molar refractivity (Wildman–Crippen MR) is 90.3 cm³/mol. The fourth-order valence-corrected chi connectivity index (χ4v) is 2.41. The summed E-state index contributed by atoms with van der Waals surface area (Å²) in [6.07, 6.45) is 0.405. The van der Waals surface area contributed by atoms with Gasteiger partial charge in [0.1, 0.15) is 0 Å². The summed E-state index contributed by atoms with van der Waals surface area (Å²) in [4.78, 5) is 12.4. The summed E-state index contributed by atoms with van der Waals surface area (Å²) in [6.45, 7) is 7.77. The second-order valence-corrected chi connectivity index (χ2v) is 6.64. The Kier molecular flexibility index (Phi) is 4.82. The van der Waals surface area contributed by atoms with Crippen molar-refractivity contribution in [3.63, 3.8) is 0 Å². The van der Waals surface area contributed by atoms with Gasteiger partial charge in [0.05, 0.1) is 5.60 Å². The van der Waals surface area contributed by atoms with E-state index in [1.165, 1.54) is 5.56 Å². The van der Waals surface area contributed by atoms with Gasteiger partial charge in [-0.25, -0.2) is 0 Å². The van der Waals surface area contributed by atoms with E-state index < -0.39 is 5.60 Å². The van der Waals surface area contributed by atoms with E-state index in [9.17, 15) is 9.90 Å². The monoisotopic (exact) mass is 296 g/mol. The number of hydrogen-bond donors (Lipinski definition) is 1. The van der Waals surface area contributed by atoms with E-state index in [0.717, 1.165) is 11.1 Å². The van der Waals surface area contributed by atoms with Gasteiger partial charge in [0.25, 0.3) is 0 Å². The molecule has 0 radical (unpaired) electrons. The van der Waals surface area contributed by atoms with Crippen molar-refractivity contribution in [2.45, 2.75) is 45.6 Å². The number of carbonyl (C=O) groups excluding carboxylic acids is 1. The van der Waals surface area contributed by atoms with Crippen molar-refractivity contribution >= 4 is 5.78 Å². The molecule has 0 saturated heterocycles. The number of rotatable bonds is 5. The summed E-state index contributed by atoms with van der Waals surface area (Å²) in [5.74, 6) is 0.560. The molecule has 1 N–H and O–H groups in total. The molecule has 0 heterocycles. The standard InChI is InChI=1S/C20H24O2/c1-14(2)17-7-5-6-15(12-17)13-19(21)16-8-10-18(11-9-16)20(3,4)22/h5-12,14,22H,13H2,1-4H3. The van der Waals surface area contributed by atoms with Gasteiger partial charge in [-0.1, -0.05) is 62.4 Å². The van der Waals surface area contributed by atoms with Crippen molar-refractivity contribution in [2.24, 2.45) is 0 Å². The van der Waals surface area contributed by atoms with Crippen molar-refractivity contribution in [3.05, 3.63) is 70.8 Å². The van der Waals surface area contributed by atoms with Gasteiger partial charge in [0.15, 0.2) is 5.78 Å². The Bertz CT molecular complexity index is 646. The molecule has 2 nitrogen and oxygen atoms in total. The fourth-order valence-electron chi connectivity index (χ4n) is 2.41. The third-order valence-electron chi connectivity index (χ3n) is 3.90. The van der Waals surface area contributed by atoms with Crippen LogP contribution in [0, 0.1) is 0 Å². The zero-order valence-corrected chi connectivity index (χ0v) is 13.8. The Labute approximate surface area is 132 Å². The maximum absolute atomic E-state index is 12.4. The van der Waals surface area contributed by atoms with Crippen LogP contribution in [0.25, 0.3) is 0 Å². The van der Waals surface area contributed by atoms with Gasteiger partial charge < -0.3 is 5.11 Å². The highest BCUT2D eigenvalue weighted by Crippen LogP contribution is 2.21. The minimum absolute atomic E-state index is 0.100. The highest BCUT2D eigenvalue weighted by Gasteiger charge is 2.16. The van der Waals surface area contributed by atoms with Crippen LogP contribution in [-0.2, 0) is 12.0 Å². The lowest BCUT2D eigenvalue weighted by Gasteiger charge is -2.17. The third kappa shape index (κ3) is 4.05. The molecule has 2 heteroatoms. The van der Waals surface area contributed by atoms with Gasteiger partial charge in [0, 0.05) is 12.0 Å². The minimum atomic E-state index is -0.882. The van der Waals surface area contributed by atoms with Crippen molar-refractivity contribution in [2.75, 3.05) is 0 Å². The zero-order chi connectivity index (χ0) is 16.3. The summed E-state index contributed by atoms with van der Waals surface area (Å²) in [5, 5.41) is 9.95. The van der Waals surface area contributed by atoms with Crippen LogP contribution < -0.4 is 0 Å². The average molecular weight is 296 g/mol. The molecule has 0 unspecified atom stereocenters. The van der Waals surface area contributed by atoms with Crippen LogP contribution in [0.15, 0.2) is 48.5 Å². The summed E-state index contributed by atoms with van der Waals surface area (Å²) in [6, 6.07) is 15.4. The highest BCUT2D eigenvalue weighted by atomic mass is 16.3. The van der Waals surface area contributed by atoms with E-state index in [-0.39, 0.29) is 5.78 Å². The largest absolute Gasteiger partial charge is 0.386 e. The van der Waals surface area contributed by atoms with Crippen molar-refractivity contribution < 1.29 is 9.90 Å². The molecule has 0 atom stereocenters. The summed E-state index contributed by atoms with van der Waals surface area (Å²) < 4.78 is 0. The summed E-state index contributed by atoms with van der Waals surface area (Å²) in [5.41, 5.74) is 2.91. The Balaban J connectivity index is 2.14. The molecule has 0 saturated carbocycles. The molecule has 2 rings (SSSR count). The van der Waals surface area contributed by atoms with Gasteiger partial charge in [-0.2, -0.15) is 0 Å². The van der Waals surface area contributed by atoms with Crippen molar-refractivity contribution in [1.29, 1.82) is 0 Å². The van der Waals surface area contributed by atoms with E-state index in [0.29, 0.717) is 17.9 Å². The molecule has 0 aliphatic rings. The molecule has 22 heavy (non-hydrogen) atoms. The fraction of sp³-hybridized carbons (Fsp3) is 0.350. The molecule has 0 aromatic heterocycles. The van der Waals surface area contributed by atoms with Gasteiger partial charge in [-0.3, -0.25) is 4.79 Å².